The Labute approximate surface area is 121 Å². The number of hydrogen-bond acceptors (Lipinski definition) is 1. The third-order valence-electron chi connectivity index (χ3n) is 3.64. The summed E-state index contributed by atoms with van der Waals surface area (Å²) in [5.74, 6) is -1.91. The average Bonchev–Trinajstić information content (AvgIpc) is 2.78. The molecule has 1 N–H and O–H groups in total. The van der Waals surface area contributed by atoms with E-state index in [0.717, 1.165) is 16.5 Å². The summed E-state index contributed by atoms with van der Waals surface area (Å²) in [6.07, 6.45) is 1.96. The highest BCUT2D eigenvalue weighted by atomic mass is 19.1. The van der Waals surface area contributed by atoms with Gasteiger partial charge in [-0.3, -0.25) is 0 Å². The number of carboxylic acids is 1. The highest BCUT2D eigenvalue weighted by Crippen LogP contribution is 2.23. The molecule has 21 heavy (non-hydrogen) atoms. The predicted octanol–water partition coefficient (Wildman–Crippen LogP) is 3.84. The van der Waals surface area contributed by atoms with Gasteiger partial charge in [-0.1, -0.05) is 30.3 Å². The van der Waals surface area contributed by atoms with E-state index < -0.39 is 11.8 Å². The van der Waals surface area contributed by atoms with Gasteiger partial charge in [0.25, 0.3) is 0 Å². The smallest absolute Gasteiger partial charge is 0.338 e. The van der Waals surface area contributed by atoms with Crippen molar-refractivity contribution >= 4 is 16.9 Å². The Morgan fingerprint density at radius 1 is 1.19 bits per heavy atom. The van der Waals surface area contributed by atoms with Crippen molar-refractivity contribution in [3.8, 4) is 0 Å². The maximum Gasteiger partial charge on any atom is 0.338 e. The molecule has 1 aromatic heterocycles. The molecule has 106 valence electrons. The molecule has 0 saturated carbocycles. The molecule has 4 heteroatoms. The fourth-order valence-corrected chi connectivity index (χ4v) is 2.61. The van der Waals surface area contributed by atoms with Gasteiger partial charge in [0.15, 0.2) is 0 Å². The normalized spacial score (nSPS) is 11.0. The van der Waals surface area contributed by atoms with Gasteiger partial charge in [-0.05, 0) is 24.6 Å². The summed E-state index contributed by atoms with van der Waals surface area (Å²) in [6.45, 7) is 2.31. The summed E-state index contributed by atoms with van der Waals surface area (Å²) >= 11 is 0. The fraction of sp³-hybridized carbons (Fsp3) is 0.118. The number of para-hydroxylation sites is 1. The zero-order chi connectivity index (χ0) is 15.0. The number of benzene rings is 2. The predicted molar refractivity (Wildman–Crippen MR) is 79.1 cm³/mol. The highest BCUT2D eigenvalue weighted by Gasteiger charge is 2.14. The molecule has 0 saturated heterocycles. The minimum atomic E-state index is -1.25. The molecule has 1 heterocycles. The number of aromatic carboxylic acids is 1. The van der Waals surface area contributed by atoms with Gasteiger partial charge in [0.2, 0.25) is 0 Å². The lowest BCUT2D eigenvalue weighted by molar-refractivity contribution is 0.0691. The van der Waals surface area contributed by atoms with Crippen LogP contribution in [0.15, 0.2) is 48.7 Å². The van der Waals surface area contributed by atoms with Gasteiger partial charge < -0.3 is 9.67 Å². The lowest BCUT2D eigenvalue weighted by Gasteiger charge is -2.08. The summed E-state index contributed by atoms with van der Waals surface area (Å²) in [5, 5.41) is 10.1. The Morgan fingerprint density at radius 2 is 1.95 bits per heavy atom. The standard InChI is InChI=1S/C17H14FNO2/c1-11-9-19(15-8-3-2-6-13(11)15)10-12-5-4-7-14(16(12)18)17(20)21/h2-9H,10H2,1H3,(H,20,21). The van der Waals surface area contributed by atoms with Crippen molar-refractivity contribution in [1.82, 2.24) is 4.57 Å². The molecule has 0 unspecified atom stereocenters. The van der Waals surface area contributed by atoms with E-state index in [-0.39, 0.29) is 5.56 Å². The Kier molecular flexibility index (Phi) is 3.22. The van der Waals surface area contributed by atoms with Crippen LogP contribution in [0.4, 0.5) is 4.39 Å². The second kappa shape index (κ2) is 5.05. The van der Waals surface area contributed by atoms with Crippen molar-refractivity contribution in [3.63, 3.8) is 0 Å². The maximum absolute atomic E-state index is 14.2. The van der Waals surface area contributed by atoms with E-state index in [2.05, 4.69) is 0 Å². The first kappa shape index (κ1) is 13.4. The second-order valence-corrected chi connectivity index (χ2v) is 5.04. The van der Waals surface area contributed by atoms with Gasteiger partial charge in [0.05, 0.1) is 12.1 Å². The Balaban J connectivity index is 2.07. The molecular formula is C17H14FNO2. The van der Waals surface area contributed by atoms with Crippen LogP contribution < -0.4 is 0 Å². The van der Waals surface area contributed by atoms with Gasteiger partial charge >= 0.3 is 5.97 Å². The van der Waals surface area contributed by atoms with Crippen LogP contribution in [-0.2, 0) is 6.54 Å². The molecule has 0 aliphatic carbocycles. The number of hydrogen-bond donors (Lipinski definition) is 1. The summed E-state index contributed by atoms with van der Waals surface area (Å²) < 4.78 is 16.2. The van der Waals surface area contributed by atoms with Crippen LogP contribution in [0.3, 0.4) is 0 Å². The Bertz CT molecular complexity index is 836. The van der Waals surface area contributed by atoms with Gasteiger partial charge in [-0.15, -0.1) is 0 Å². The fourth-order valence-electron chi connectivity index (χ4n) is 2.61. The van der Waals surface area contributed by atoms with Crippen molar-refractivity contribution in [1.29, 1.82) is 0 Å². The quantitative estimate of drug-likeness (QED) is 0.793. The molecule has 0 aliphatic rings. The first-order chi connectivity index (χ1) is 10.1. The topological polar surface area (TPSA) is 42.2 Å². The molecule has 0 radical (unpaired) electrons. The molecule has 0 aliphatic heterocycles. The van der Waals surface area contributed by atoms with Crippen LogP contribution >= 0.6 is 0 Å². The molecule has 0 spiro atoms. The van der Waals surface area contributed by atoms with Gasteiger partial charge in [-0.25, -0.2) is 9.18 Å². The Morgan fingerprint density at radius 3 is 2.71 bits per heavy atom. The molecule has 0 atom stereocenters. The number of halogens is 1. The zero-order valence-corrected chi connectivity index (χ0v) is 11.5. The van der Waals surface area contributed by atoms with E-state index in [4.69, 9.17) is 5.11 Å². The number of carbonyl (C=O) groups is 1. The monoisotopic (exact) mass is 283 g/mol. The largest absolute Gasteiger partial charge is 0.478 e. The number of aromatic nitrogens is 1. The zero-order valence-electron chi connectivity index (χ0n) is 11.5. The van der Waals surface area contributed by atoms with Crippen LogP contribution in [-0.4, -0.2) is 15.6 Å². The van der Waals surface area contributed by atoms with Crippen molar-refractivity contribution < 1.29 is 14.3 Å². The first-order valence-corrected chi connectivity index (χ1v) is 6.63. The summed E-state index contributed by atoms with van der Waals surface area (Å²) in [7, 11) is 0. The molecule has 0 bridgehead atoms. The van der Waals surface area contributed by atoms with Gasteiger partial charge in [0.1, 0.15) is 5.82 Å². The van der Waals surface area contributed by atoms with Crippen LogP contribution in [0.25, 0.3) is 10.9 Å². The minimum absolute atomic E-state index is 0.291. The van der Waals surface area contributed by atoms with E-state index in [1.165, 1.54) is 6.07 Å². The lowest BCUT2D eigenvalue weighted by Crippen LogP contribution is -2.06. The number of carboxylic acid groups (broad SMARTS) is 1. The third-order valence-corrected chi connectivity index (χ3v) is 3.64. The molecule has 2 aromatic carbocycles. The van der Waals surface area contributed by atoms with E-state index in [1.54, 1.807) is 12.1 Å². The van der Waals surface area contributed by atoms with E-state index >= 15 is 0 Å². The molecule has 0 fully saturated rings. The Hall–Kier alpha value is -2.62. The average molecular weight is 283 g/mol. The van der Waals surface area contributed by atoms with Crippen molar-refractivity contribution in [3.05, 3.63) is 71.2 Å². The molecular weight excluding hydrogens is 269 g/mol. The molecule has 3 rings (SSSR count). The van der Waals surface area contributed by atoms with Crippen molar-refractivity contribution in [2.45, 2.75) is 13.5 Å². The van der Waals surface area contributed by atoms with E-state index in [0.29, 0.717) is 12.1 Å². The number of aryl methyl sites for hydroxylation is 1. The van der Waals surface area contributed by atoms with Crippen molar-refractivity contribution in [2.75, 3.05) is 0 Å². The maximum atomic E-state index is 14.2. The number of fused-ring (bicyclic) bond motifs is 1. The lowest BCUT2D eigenvalue weighted by atomic mass is 10.1. The van der Waals surface area contributed by atoms with Crippen LogP contribution in [0.2, 0.25) is 0 Å². The van der Waals surface area contributed by atoms with Crippen molar-refractivity contribution in [2.24, 2.45) is 0 Å². The molecule has 3 aromatic rings. The minimum Gasteiger partial charge on any atom is -0.478 e. The van der Waals surface area contributed by atoms with Crippen LogP contribution in [0.5, 0.6) is 0 Å². The molecule has 3 nitrogen and oxygen atoms in total. The van der Waals surface area contributed by atoms with E-state index in [1.807, 2.05) is 42.0 Å². The third kappa shape index (κ3) is 2.29. The number of rotatable bonds is 3. The SMILES string of the molecule is Cc1cn(Cc2cccc(C(=O)O)c2F)c2ccccc12. The van der Waals surface area contributed by atoms with Gasteiger partial charge in [-0.2, -0.15) is 0 Å². The van der Waals surface area contributed by atoms with E-state index in [9.17, 15) is 9.18 Å². The second-order valence-electron chi connectivity index (χ2n) is 5.04. The molecule has 0 amide bonds. The number of nitrogens with zero attached hydrogens (tertiary/aromatic N) is 1. The summed E-state index contributed by atoms with van der Waals surface area (Å²) in [4.78, 5) is 11.0. The summed E-state index contributed by atoms with van der Waals surface area (Å²) in [5.41, 5.74) is 2.20. The van der Waals surface area contributed by atoms with Crippen LogP contribution in [0.1, 0.15) is 21.5 Å². The first-order valence-electron chi connectivity index (χ1n) is 6.63. The van der Waals surface area contributed by atoms with Crippen LogP contribution in [0, 0.1) is 12.7 Å². The summed E-state index contributed by atoms with van der Waals surface area (Å²) in [6, 6.07) is 12.4. The van der Waals surface area contributed by atoms with Gasteiger partial charge in [0, 0.05) is 22.7 Å². The highest BCUT2D eigenvalue weighted by molar-refractivity contribution is 5.88.